The molecule has 4 aromatic carbocycles. The van der Waals surface area contributed by atoms with Crippen LogP contribution < -0.4 is 4.74 Å². The van der Waals surface area contributed by atoms with Crippen molar-refractivity contribution in [1.29, 1.82) is 0 Å². The Labute approximate surface area is 186 Å². The fraction of sp³-hybridized carbons (Fsp3) is 0.143. The maximum absolute atomic E-state index is 14.8. The van der Waals surface area contributed by atoms with Crippen molar-refractivity contribution in [2.45, 2.75) is 26.9 Å². The normalized spacial score (nSPS) is 10.9. The zero-order valence-corrected chi connectivity index (χ0v) is 18.0. The first-order valence-corrected chi connectivity index (χ1v) is 10.5. The minimum atomic E-state index is -0.894. The summed E-state index contributed by atoms with van der Waals surface area (Å²) < 4.78 is 49.4. The minimum Gasteiger partial charge on any atom is -0.489 e. The molecule has 0 saturated carbocycles. The standard InChI is InChI=1S/C28H23F3O/c1-3-19-6-9-22(26(29)16-19)17-32-23-12-10-21(11-13-23)25-15-14-24(27(30)28(25)31)20-7-4-18(2)5-8-20/h4-16H,3,17H2,1-2H3. The van der Waals surface area contributed by atoms with Gasteiger partial charge in [-0.3, -0.25) is 0 Å². The zero-order chi connectivity index (χ0) is 22.7. The fourth-order valence-corrected chi connectivity index (χ4v) is 3.55. The summed E-state index contributed by atoms with van der Waals surface area (Å²) in [7, 11) is 0. The molecule has 0 aliphatic carbocycles. The molecule has 0 bridgehead atoms. The molecule has 4 rings (SSSR count). The number of aryl methyl sites for hydroxylation is 2. The van der Waals surface area contributed by atoms with Crippen LogP contribution in [0.5, 0.6) is 5.75 Å². The first kappa shape index (κ1) is 21.7. The first-order valence-electron chi connectivity index (χ1n) is 10.5. The molecule has 0 saturated heterocycles. The summed E-state index contributed by atoms with van der Waals surface area (Å²) in [6, 6.07) is 22.2. The van der Waals surface area contributed by atoms with Gasteiger partial charge in [0.25, 0.3) is 0 Å². The summed E-state index contributed by atoms with van der Waals surface area (Å²) in [5.74, 6) is -1.55. The molecule has 0 aliphatic rings. The molecule has 0 N–H and O–H groups in total. The van der Waals surface area contributed by atoms with Crippen LogP contribution in [-0.2, 0) is 13.0 Å². The molecule has 0 aliphatic heterocycles. The van der Waals surface area contributed by atoms with Crippen molar-refractivity contribution in [1.82, 2.24) is 0 Å². The van der Waals surface area contributed by atoms with Gasteiger partial charge in [-0.05, 0) is 48.2 Å². The summed E-state index contributed by atoms with van der Waals surface area (Å²) >= 11 is 0. The average Bonchev–Trinajstić information content (AvgIpc) is 2.81. The van der Waals surface area contributed by atoms with Gasteiger partial charge < -0.3 is 4.74 Å². The second-order valence-corrected chi connectivity index (χ2v) is 7.75. The molecule has 0 aromatic heterocycles. The number of ether oxygens (including phenoxy) is 1. The topological polar surface area (TPSA) is 9.23 Å². The van der Waals surface area contributed by atoms with Crippen molar-refractivity contribution >= 4 is 0 Å². The molecule has 0 radical (unpaired) electrons. The Bertz CT molecular complexity index is 1230. The molecule has 1 nitrogen and oxygen atoms in total. The molecule has 162 valence electrons. The smallest absolute Gasteiger partial charge is 0.167 e. The highest BCUT2D eigenvalue weighted by Gasteiger charge is 2.16. The lowest BCUT2D eigenvalue weighted by Gasteiger charge is -2.11. The van der Waals surface area contributed by atoms with Gasteiger partial charge in [0.15, 0.2) is 11.6 Å². The Morgan fingerprint density at radius 2 is 1.25 bits per heavy atom. The van der Waals surface area contributed by atoms with Crippen LogP contribution in [0.2, 0.25) is 0 Å². The summed E-state index contributed by atoms with van der Waals surface area (Å²) in [5.41, 5.74) is 4.00. The fourth-order valence-electron chi connectivity index (χ4n) is 3.55. The van der Waals surface area contributed by atoms with E-state index in [-0.39, 0.29) is 23.6 Å². The minimum absolute atomic E-state index is 0.0867. The third kappa shape index (κ3) is 4.54. The Hall–Kier alpha value is -3.53. The summed E-state index contributed by atoms with van der Waals surface area (Å²) in [4.78, 5) is 0. The molecule has 0 fully saturated rings. The van der Waals surface area contributed by atoms with E-state index in [0.717, 1.165) is 17.5 Å². The number of hydrogen-bond acceptors (Lipinski definition) is 1. The van der Waals surface area contributed by atoms with Crippen LogP contribution in [-0.4, -0.2) is 0 Å². The van der Waals surface area contributed by atoms with E-state index in [9.17, 15) is 13.2 Å². The second-order valence-electron chi connectivity index (χ2n) is 7.75. The summed E-state index contributed by atoms with van der Waals surface area (Å²) in [6.45, 7) is 4.00. The molecule has 4 heteroatoms. The number of halogens is 3. The van der Waals surface area contributed by atoms with Gasteiger partial charge in [0.1, 0.15) is 18.2 Å². The lowest BCUT2D eigenvalue weighted by Crippen LogP contribution is -1.99. The zero-order valence-electron chi connectivity index (χ0n) is 18.0. The average molecular weight is 432 g/mol. The van der Waals surface area contributed by atoms with E-state index in [4.69, 9.17) is 4.74 Å². The second kappa shape index (κ2) is 9.31. The predicted molar refractivity (Wildman–Crippen MR) is 122 cm³/mol. The van der Waals surface area contributed by atoms with E-state index in [1.54, 1.807) is 54.6 Å². The van der Waals surface area contributed by atoms with Crippen molar-refractivity contribution in [3.05, 3.63) is 113 Å². The van der Waals surface area contributed by atoms with Gasteiger partial charge in [-0.15, -0.1) is 0 Å². The summed E-state index contributed by atoms with van der Waals surface area (Å²) in [6.07, 6.45) is 0.767. The van der Waals surface area contributed by atoms with E-state index in [1.165, 1.54) is 6.07 Å². The molecular weight excluding hydrogens is 409 g/mol. The van der Waals surface area contributed by atoms with Gasteiger partial charge in [0.2, 0.25) is 0 Å². The third-order valence-corrected chi connectivity index (χ3v) is 5.53. The van der Waals surface area contributed by atoms with Crippen molar-refractivity contribution < 1.29 is 17.9 Å². The highest BCUT2D eigenvalue weighted by Crippen LogP contribution is 2.32. The van der Waals surface area contributed by atoms with E-state index in [2.05, 4.69) is 0 Å². The van der Waals surface area contributed by atoms with Crippen LogP contribution in [0.4, 0.5) is 13.2 Å². The largest absolute Gasteiger partial charge is 0.489 e. The molecule has 0 unspecified atom stereocenters. The Balaban J connectivity index is 1.51. The van der Waals surface area contributed by atoms with Crippen molar-refractivity contribution in [3.63, 3.8) is 0 Å². The van der Waals surface area contributed by atoms with Gasteiger partial charge in [0.05, 0.1) is 0 Å². The maximum Gasteiger partial charge on any atom is 0.167 e. The van der Waals surface area contributed by atoms with Gasteiger partial charge in [-0.1, -0.05) is 73.2 Å². The molecule has 0 heterocycles. The van der Waals surface area contributed by atoms with E-state index >= 15 is 0 Å². The van der Waals surface area contributed by atoms with E-state index < -0.39 is 11.6 Å². The molecule has 4 aromatic rings. The number of hydrogen-bond donors (Lipinski definition) is 0. The van der Waals surface area contributed by atoms with Gasteiger partial charge in [-0.2, -0.15) is 0 Å². The van der Waals surface area contributed by atoms with Crippen LogP contribution in [0.15, 0.2) is 78.9 Å². The number of benzene rings is 4. The predicted octanol–water partition coefficient (Wildman–Crippen LogP) is 7.89. The quantitative estimate of drug-likeness (QED) is 0.301. The molecule has 0 spiro atoms. The van der Waals surface area contributed by atoms with E-state index in [1.807, 2.05) is 32.0 Å². The maximum atomic E-state index is 14.8. The number of rotatable bonds is 6. The molecule has 32 heavy (non-hydrogen) atoms. The van der Waals surface area contributed by atoms with Crippen LogP contribution in [0, 0.1) is 24.4 Å². The molecular formula is C28H23F3O. The third-order valence-electron chi connectivity index (χ3n) is 5.53. The highest BCUT2D eigenvalue weighted by molar-refractivity contribution is 5.72. The lowest BCUT2D eigenvalue weighted by molar-refractivity contribution is 0.300. The SMILES string of the molecule is CCc1ccc(COc2ccc(-c3ccc(-c4ccc(C)cc4)c(F)c3F)cc2)c(F)c1. The van der Waals surface area contributed by atoms with Crippen molar-refractivity contribution in [2.24, 2.45) is 0 Å². The molecule has 0 amide bonds. The van der Waals surface area contributed by atoms with Gasteiger partial charge in [0, 0.05) is 16.7 Å². The van der Waals surface area contributed by atoms with Crippen LogP contribution in [0.1, 0.15) is 23.6 Å². The first-order chi connectivity index (χ1) is 15.5. The van der Waals surface area contributed by atoms with Crippen LogP contribution >= 0.6 is 0 Å². The van der Waals surface area contributed by atoms with Gasteiger partial charge in [-0.25, -0.2) is 13.2 Å². The lowest BCUT2D eigenvalue weighted by atomic mass is 9.98. The Morgan fingerprint density at radius 3 is 1.78 bits per heavy atom. The highest BCUT2D eigenvalue weighted by atomic mass is 19.2. The van der Waals surface area contributed by atoms with Gasteiger partial charge >= 0.3 is 0 Å². The van der Waals surface area contributed by atoms with Crippen molar-refractivity contribution in [2.75, 3.05) is 0 Å². The van der Waals surface area contributed by atoms with E-state index in [0.29, 0.717) is 22.4 Å². The van der Waals surface area contributed by atoms with Crippen LogP contribution in [0.3, 0.4) is 0 Å². The molecule has 0 atom stereocenters. The Kier molecular flexibility index (Phi) is 6.31. The van der Waals surface area contributed by atoms with Crippen molar-refractivity contribution in [3.8, 4) is 28.0 Å². The summed E-state index contributed by atoms with van der Waals surface area (Å²) in [5, 5.41) is 0. The van der Waals surface area contributed by atoms with Crippen LogP contribution in [0.25, 0.3) is 22.3 Å². The monoisotopic (exact) mass is 432 g/mol. The Morgan fingerprint density at radius 1 is 0.688 bits per heavy atom.